The van der Waals surface area contributed by atoms with Crippen LogP contribution in [0.4, 0.5) is 18.9 Å². The van der Waals surface area contributed by atoms with Crippen LogP contribution >= 0.6 is 11.6 Å². The first kappa shape index (κ1) is 14.4. The summed E-state index contributed by atoms with van der Waals surface area (Å²) in [5, 5.41) is 21.1. The number of quaternary nitrogens is 1. The number of carboxylic acid groups (broad SMARTS) is 1. The molecule has 8 heteroatoms. The van der Waals surface area contributed by atoms with Gasteiger partial charge >= 0.3 is 5.97 Å². The quantitative estimate of drug-likeness (QED) is 0.517. The molecule has 112 valence electrons. The van der Waals surface area contributed by atoms with Crippen molar-refractivity contribution < 1.29 is 23.1 Å². The Morgan fingerprint density at radius 2 is 2.10 bits per heavy atom. The van der Waals surface area contributed by atoms with Gasteiger partial charge in [0.1, 0.15) is 17.0 Å². The van der Waals surface area contributed by atoms with Gasteiger partial charge in [-0.15, -0.1) is 0 Å². The maximum absolute atomic E-state index is 13.7. The number of hydroxylamine groups is 2. The second kappa shape index (κ2) is 4.46. The first-order valence-corrected chi connectivity index (χ1v) is 6.48. The molecule has 1 aromatic rings. The molecule has 1 N–H and O–H groups in total. The van der Waals surface area contributed by atoms with Gasteiger partial charge in [-0.2, -0.15) is 0 Å². The lowest BCUT2D eigenvalue weighted by molar-refractivity contribution is -0.137. The first-order chi connectivity index (χ1) is 9.77. The van der Waals surface area contributed by atoms with Gasteiger partial charge in [0.2, 0.25) is 0 Å². The number of alkyl halides is 1. The smallest absolute Gasteiger partial charge is 0.315 e. The molecule has 0 bridgehead atoms. The van der Waals surface area contributed by atoms with E-state index in [-0.39, 0.29) is 12.0 Å². The number of aliphatic carboxylic acids is 1. The van der Waals surface area contributed by atoms with Crippen molar-refractivity contribution in [2.45, 2.75) is 24.6 Å². The van der Waals surface area contributed by atoms with Gasteiger partial charge in [-0.05, 0) is 12.1 Å². The minimum atomic E-state index is -1.44. The Hall–Kier alpha value is -1.57. The summed E-state index contributed by atoms with van der Waals surface area (Å²) < 4.78 is 39.0. The van der Waals surface area contributed by atoms with Crippen LogP contribution in [0.3, 0.4) is 0 Å². The third-order valence-corrected chi connectivity index (χ3v) is 4.14. The van der Waals surface area contributed by atoms with Crippen molar-refractivity contribution in [2.75, 3.05) is 0 Å². The number of carboxylic acids is 1. The maximum Gasteiger partial charge on any atom is 0.315 e. The van der Waals surface area contributed by atoms with Crippen molar-refractivity contribution in [2.24, 2.45) is 0 Å². The fourth-order valence-corrected chi connectivity index (χ4v) is 2.96. The predicted octanol–water partition coefficient (Wildman–Crippen LogP) is 3.23. The monoisotopic (exact) mass is 319 g/mol. The van der Waals surface area contributed by atoms with Crippen LogP contribution in [0, 0.1) is 16.8 Å². The summed E-state index contributed by atoms with van der Waals surface area (Å²) in [5.41, 5.74) is -0.682. The summed E-state index contributed by atoms with van der Waals surface area (Å²) in [6.45, 7) is 0. The van der Waals surface area contributed by atoms with Crippen LogP contribution in [-0.4, -0.2) is 23.3 Å². The van der Waals surface area contributed by atoms with Gasteiger partial charge in [-0.3, -0.25) is 9.44 Å². The standard InChI is InChI=1S/C13H9ClF3NO3/c14-10-11(17)8(16)3-6-5(13(19)20)1-2-18(21,12(6)10)9-4-7(9)15/h1-3,5,7,9H,4H2,(H,19,20). The molecular formula is C13H9ClF3NO3. The first-order valence-electron chi connectivity index (χ1n) is 6.11. The Morgan fingerprint density at radius 3 is 2.62 bits per heavy atom. The van der Waals surface area contributed by atoms with Crippen molar-refractivity contribution in [1.82, 2.24) is 4.65 Å². The summed E-state index contributed by atoms with van der Waals surface area (Å²) in [7, 11) is 0. The third kappa shape index (κ3) is 1.96. The lowest BCUT2D eigenvalue weighted by atomic mass is 9.93. The lowest BCUT2D eigenvalue weighted by Crippen LogP contribution is -2.44. The summed E-state index contributed by atoms with van der Waals surface area (Å²) in [4.78, 5) is 11.2. The van der Waals surface area contributed by atoms with Crippen LogP contribution < -0.4 is 4.65 Å². The van der Waals surface area contributed by atoms with Crippen LogP contribution in [0.15, 0.2) is 18.3 Å². The number of hydrogen-bond acceptors (Lipinski definition) is 2. The number of fused-ring (bicyclic) bond motifs is 1. The summed E-state index contributed by atoms with van der Waals surface area (Å²) >= 11 is 5.71. The molecule has 21 heavy (non-hydrogen) atoms. The van der Waals surface area contributed by atoms with Crippen LogP contribution in [0.1, 0.15) is 17.9 Å². The highest BCUT2D eigenvalue weighted by Gasteiger charge is 2.54. The van der Waals surface area contributed by atoms with E-state index in [4.69, 9.17) is 16.7 Å². The van der Waals surface area contributed by atoms with Gasteiger partial charge in [0.15, 0.2) is 23.5 Å². The number of nitrogens with zero attached hydrogens (tertiary/aromatic N) is 1. The maximum atomic E-state index is 13.7. The zero-order chi connectivity index (χ0) is 15.5. The minimum Gasteiger partial charge on any atom is -0.622 e. The molecule has 4 unspecified atom stereocenters. The van der Waals surface area contributed by atoms with Crippen LogP contribution in [0.5, 0.6) is 0 Å². The molecule has 0 radical (unpaired) electrons. The van der Waals surface area contributed by atoms with Crippen molar-refractivity contribution in [3.05, 3.63) is 45.8 Å². The van der Waals surface area contributed by atoms with E-state index in [1.807, 2.05) is 0 Å². The van der Waals surface area contributed by atoms with Gasteiger partial charge < -0.3 is 10.3 Å². The minimum absolute atomic E-state index is 0.0413. The normalized spacial score (nSPS) is 33.7. The molecular weight excluding hydrogens is 311 g/mol. The Morgan fingerprint density at radius 1 is 1.48 bits per heavy atom. The Bertz CT molecular complexity index is 681. The van der Waals surface area contributed by atoms with Crippen molar-refractivity contribution in [3.8, 4) is 0 Å². The zero-order valence-electron chi connectivity index (χ0n) is 10.4. The highest BCUT2D eigenvalue weighted by molar-refractivity contribution is 6.33. The predicted molar refractivity (Wildman–Crippen MR) is 69.3 cm³/mol. The van der Waals surface area contributed by atoms with Gasteiger partial charge in [-0.25, -0.2) is 13.2 Å². The molecule has 1 saturated carbocycles. The van der Waals surface area contributed by atoms with Gasteiger partial charge in [0.25, 0.3) is 0 Å². The number of carbonyl (C=O) groups is 1. The molecule has 1 heterocycles. The zero-order valence-corrected chi connectivity index (χ0v) is 11.1. The van der Waals surface area contributed by atoms with Gasteiger partial charge in [0, 0.05) is 12.0 Å². The van der Waals surface area contributed by atoms with E-state index < -0.39 is 51.1 Å². The molecule has 1 aromatic carbocycles. The topological polar surface area (TPSA) is 60.4 Å². The molecule has 0 amide bonds. The van der Waals surface area contributed by atoms with E-state index in [0.717, 1.165) is 12.3 Å². The van der Waals surface area contributed by atoms with E-state index >= 15 is 0 Å². The van der Waals surface area contributed by atoms with Gasteiger partial charge in [-0.1, -0.05) is 11.6 Å². The molecule has 0 spiro atoms. The van der Waals surface area contributed by atoms with Crippen LogP contribution in [0.2, 0.25) is 5.02 Å². The SMILES string of the molecule is O=C(O)C1C=C[N+]([O-])(C2CC2F)c2c1cc(F)c(F)c2Cl. The van der Waals surface area contributed by atoms with E-state index in [1.54, 1.807) is 0 Å². The molecule has 0 aromatic heterocycles. The van der Waals surface area contributed by atoms with E-state index in [1.165, 1.54) is 0 Å². The number of hydrogen-bond donors (Lipinski definition) is 1. The molecule has 1 fully saturated rings. The number of rotatable bonds is 2. The van der Waals surface area contributed by atoms with Crippen LogP contribution in [0.25, 0.3) is 0 Å². The molecule has 4 atom stereocenters. The summed E-state index contributed by atoms with van der Waals surface area (Å²) in [6.07, 6.45) is 0.566. The van der Waals surface area contributed by atoms with Crippen LogP contribution in [-0.2, 0) is 4.79 Å². The Balaban J connectivity index is 2.27. The lowest BCUT2D eigenvalue weighted by Gasteiger charge is -2.43. The fourth-order valence-electron chi connectivity index (χ4n) is 2.63. The molecule has 4 nitrogen and oxygen atoms in total. The van der Waals surface area contributed by atoms with Crippen molar-refractivity contribution in [3.63, 3.8) is 0 Å². The Labute approximate surface area is 122 Å². The average molecular weight is 320 g/mol. The average Bonchev–Trinajstić information content (AvgIpc) is 3.13. The number of halogens is 4. The van der Waals surface area contributed by atoms with E-state index in [0.29, 0.717) is 6.07 Å². The van der Waals surface area contributed by atoms with E-state index in [9.17, 15) is 23.2 Å². The number of benzene rings is 1. The highest BCUT2D eigenvalue weighted by Crippen LogP contribution is 2.50. The molecule has 3 rings (SSSR count). The molecule has 0 saturated heterocycles. The van der Waals surface area contributed by atoms with Gasteiger partial charge in [0.05, 0.1) is 6.20 Å². The largest absolute Gasteiger partial charge is 0.622 e. The third-order valence-electron chi connectivity index (χ3n) is 3.79. The fraction of sp³-hybridized carbons (Fsp3) is 0.308. The second-order valence-electron chi connectivity index (χ2n) is 5.11. The van der Waals surface area contributed by atoms with Crippen molar-refractivity contribution >= 4 is 23.3 Å². The molecule has 2 aliphatic rings. The highest BCUT2D eigenvalue weighted by atomic mass is 35.5. The molecule has 1 aliphatic heterocycles. The summed E-state index contributed by atoms with van der Waals surface area (Å²) in [5.74, 6) is -5.46. The Kier molecular flexibility index (Phi) is 3.05. The summed E-state index contributed by atoms with van der Waals surface area (Å²) in [6, 6.07) is -0.378. The van der Waals surface area contributed by atoms with Crippen molar-refractivity contribution in [1.29, 1.82) is 0 Å². The second-order valence-corrected chi connectivity index (χ2v) is 5.49. The molecule has 1 aliphatic carbocycles. The van der Waals surface area contributed by atoms with E-state index in [2.05, 4.69) is 0 Å².